The van der Waals surface area contributed by atoms with Gasteiger partial charge in [-0.15, -0.1) is 10.2 Å². The second-order valence-electron chi connectivity index (χ2n) is 6.51. The maximum atomic E-state index is 13.2. The number of thioether (sulfide) groups is 1. The van der Waals surface area contributed by atoms with Crippen LogP contribution in [0, 0.1) is 10.1 Å². The zero-order valence-electron chi connectivity index (χ0n) is 17.4. The van der Waals surface area contributed by atoms with Gasteiger partial charge in [-0.05, 0) is 25.1 Å². The lowest BCUT2D eigenvalue weighted by molar-refractivity contribution is -0.385. The van der Waals surface area contributed by atoms with Gasteiger partial charge in [0, 0.05) is 18.7 Å². The number of anilines is 1. The largest absolute Gasteiger partial charge is 0.461 e. The molecule has 34 heavy (non-hydrogen) atoms. The summed E-state index contributed by atoms with van der Waals surface area (Å²) in [6, 6.07) is 5.26. The predicted octanol–water partition coefficient (Wildman–Crippen LogP) is 3.76. The maximum absolute atomic E-state index is 13.2. The minimum Gasteiger partial charge on any atom is -0.461 e. The fourth-order valence-electron chi connectivity index (χ4n) is 2.76. The number of nitrogens with one attached hydrogen (secondary N) is 1. The van der Waals surface area contributed by atoms with Crippen LogP contribution in [0.1, 0.15) is 12.5 Å². The van der Waals surface area contributed by atoms with Crippen molar-refractivity contribution in [1.82, 2.24) is 14.8 Å². The van der Waals surface area contributed by atoms with Gasteiger partial charge in [-0.2, -0.15) is 13.2 Å². The number of nitrogens with zero attached hydrogens (tertiary/aromatic N) is 4. The van der Waals surface area contributed by atoms with E-state index in [4.69, 9.17) is 9.15 Å². The molecule has 1 N–H and O–H groups in total. The third-order valence-corrected chi connectivity index (χ3v) is 5.19. The number of carbonyl (C=O) groups is 2. The number of non-ortho nitro benzene ring substituents is 1. The molecule has 0 unspecified atom stereocenters. The van der Waals surface area contributed by atoms with Gasteiger partial charge in [-0.1, -0.05) is 11.8 Å². The van der Waals surface area contributed by atoms with E-state index in [-0.39, 0.29) is 5.75 Å². The summed E-state index contributed by atoms with van der Waals surface area (Å²) in [4.78, 5) is 33.7. The van der Waals surface area contributed by atoms with Crippen LogP contribution in [-0.4, -0.2) is 43.9 Å². The highest BCUT2D eigenvalue weighted by Crippen LogP contribution is 2.37. The number of nitro groups is 1. The second-order valence-corrected chi connectivity index (χ2v) is 7.45. The van der Waals surface area contributed by atoms with Crippen LogP contribution in [-0.2, 0) is 27.0 Å². The average Bonchev–Trinajstić information content (AvgIpc) is 3.45. The van der Waals surface area contributed by atoms with Crippen LogP contribution in [0.15, 0.2) is 46.2 Å². The van der Waals surface area contributed by atoms with Crippen molar-refractivity contribution in [2.75, 3.05) is 17.7 Å². The molecule has 0 spiro atoms. The Morgan fingerprint density at radius 3 is 2.68 bits per heavy atom. The first kappa shape index (κ1) is 24.8. The molecule has 1 aromatic carbocycles. The van der Waals surface area contributed by atoms with Crippen molar-refractivity contribution in [3.63, 3.8) is 0 Å². The number of esters is 1. The minimum atomic E-state index is -4.95. The number of alkyl halides is 3. The van der Waals surface area contributed by atoms with Crippen molar-refractivity contribution < 1.29 is 36.8 Å². The standard InChI is InChI=1S/C19H16F3N5O6S/c1-2-26-17(14-4-3-7-32-14)24-25-18(26)34-10-16(29)33-9-15(28)23-13-6-5-11(27(30)31)8-12(13)19(20,21)22/h3-8H,2,9-10H2,1H3,(H,23,28). The third-order valence-electron chi connectivity index (χ3n) is 4.25. The molecule has 15 heteroatoms. The molecule has 11 nitrogen and oxygen atoms in total. The molecule has 0 aliphatic rings. The van der Waals surface area contributed by atoms with Crippen molar-refractivity contribution in [3.05, 3.63) is 52.3 Å². The zero-order valence-corrected chi connectivity index (χ0v) is 18.2. The molecule has 0 saturated heterocycles. The fourth-order valence-corrected chi connectivity index (χ4v) is 3.56. The summed E-state index contributed by atoms with van der Waals surface area (Å²) in [6.07, 6.45) is -3.47. The maximum Gasteiger partial charge on any atom is 0.418 e. The van der Waals surface area contributed by atoms with Crippen molar-refractivity contribution in [3.8, 4) is 11.6 Å². The van der Waals surface area contributed by atoms with Crippen molar-refractivity contribution >= 4 is 35.0 Å². The number of halogens is 3. The fraction of sp³-hybridized carbons (Fsp3) is 0.263. The second kappa shape index (κ2) is 10.4. The average molecular weight is 499 g/mol. The van der Waals surface area contributed by atoms with Gasteiger partial charge in [0.05, 0.1) is 28.2 Å². The number of hydrogen-bond donors (Lipinski definition) is 1. The first-order valence-electron chi connectivity index (χ1n) is 9.51. The molecule has 3 rings (SSSR count). The first-order chi connectivity index (χ1) is 16.1. The molecule has 0 aliphatic heterocycles. The summed E-state index contributed by atoms with van der Waals surface area (Å²) in [5, 5.41) is 21.1. The number of rotatable bonds is 9. The lowest BCUT2D eigenvalue weighted by atomic mass is 10.1. The normalized spacial score (nSPS) is 11.3. The third kappa shape index (κ3) is 5.92. The van der Waals surface area contributed by atoms with E-state index in [1.807, 2.05) is 12.2 Å². The van der Waals surface area contributed by atoms with Crippen LogP contribution in [0.3, 0.4) is 0 Å². The Morgan fingerprint density at radius 1 is 1.29 bits per heavy atom. The van der Waals surface area contributed by atoms with E-state index in [1.54, 1.807) is 16.7 Å². The van der Waals surface area contributed by atoms with E-state index < -0.39 is 46.5 Å². The highest BCUT2D eigenvalue weighted by Gasteiger charge is 2.35. The number of carbonyl (C=O) groups excluding carboxylic acids is 2. The zero-order chi connectivity index (χ0) is 24.9. The summed E-state index contributed by atoms with van der Waals surface area (Å²) in [5.41, 5.74) is -2.89. The van der Waals surface area contributed by atoms with E-state index in [0.717, 1.165) is 23.9 Å². The van der Waals surface area contributed by atoms with Crippen LogP contribution in [0.4, 0.5) is 24.5 Å². The van der Waals surface area contributed by atoms with Crippen LogP contribution < -0.4 is 5.32 Å². The SMILES string of the molecule is CCn1c(SCC(=O)OCC(=O)Nc2ccc([N+](=O)[O-])cc2C(F)(F)F)nnc1-c1ccco1. The highest BCUT2D eigenvalue weighted by atomic mass is 32.2. The Morgan fingerprint density at radius 2 is 2.06 bits per heavy atom. The van der Waals surface area contributed by atoms with Crippen LogP contribution in [0.2, 0.25) is 0 Å². The van der Waals surface area contributed by atoms with E-state index in [9.17, 15) is 32.9 Å². The molecule has 3 aromatic rings. The van der Waals surface area contributed by atoms with Gasteiger partial charge >= 0.3 is 12.1 Å². The number of amides is 1. The molecule has 0 fully saturated rings. The number of benzene rings is 1. The number of furan rings is 1. The molecule has 0 atom stereocenters. The minimum absolute atomic E-state index is 0.241. The molecule has 0 saturated carbocycles. The molecule has 0 radical (unpaired) electrons. The smallest absolute Gasteiger partial charge is 0.418 e. The molecule has 2 heterocycles. The number of hydrogen-bond acceptors (Lipinski definition) is 9. The van der Waals surface area contributed by atoms with E-state index in [1.165, 1.54) is 6.26 Å². The molecule has 0 aliphatic carbocycles. The van der Waals surface area contributed by atoms with Gasteiger partial charge in [0.15, 0.2) is 23.3 Å². The number of nitro benzene ring substituents is 1. The molecular weight excluding hydrogens is 483 g/mol. The Balaban J connectivity index is 1.56. The Bertz CT molecular complexity index is 1200. The summed E-state index contributed by atoms with van der Waals surface area (Å²) in [7, 11) is 0. The summed E-state index contributed by atoms with van der Waals surface area (Å²) in [6.45, 7) is 1.47. The van der Waals surface area contributed by atoms with Gasteiger partial charge in [0.25, 0.3) is 11.6 Å². The lowest BCUT2D eigenvalue weighted by Crippen LogP contribution is -2.23. The Kier molecular flexibility index (Phi) is 7.55. The predicted molar refractivity (Wildman–Crippen MR) is 112 cm³/mol. The Labute approximate surface area is 193 Å². The molecule has 1 amide bonds. The molecule has 180 valence electrons. The first-order valence-corrected chi connectivity index (χ1v) is 10.5. The van der Waals surface area contributed by atoms with Gasteiger partial charge in [-0.25, -0.2) is 0 Å². The van der Waals surface area contributed by atoms with Crippen molar-refractivity contribution in [2.24, 2.45) is 0 Å². The highest BCUT2D eigenvalue weighted by molar-refractivity contribution is 7.99. The molecule has 0 bridgehead atoms. The van der Waals surface area contributed by atoms with E-state index in [0.29, 0.717) is 29.4 Å². The Hall–Kier alpha value is -3.88. The summed E-state index contributed by atoms with van der Waals surface area (Å²) in [5.74, 6) is -1.15. The van der Waals surface area contributed by atoms with Gasteiger partial charge in [0.1, 0.15) is 0 Å². The number of aromatic nitrogens is 3. The lowest BCUT2D eigenvalue weighted by Gasteiger charge is -2.13. The van der Waals surface area contributed by atoms with Crippen LogP contribution >= 0.6 is 11.8 Å². The topological polar surface area (TPSA) is 142 Å². The van der Waals surface area contributed by atoms with Crippen LogP contribution in [0.25, 0.3) is 11.6 Å². The van der Waals surface area contributed by atoms with Gasteiger partial charge in [-0.3, -0.25) is 24.3 Å². The summed E-state index contributed by atoms with van der Waals surface area (Å²) < 4.78 is 51.4. The van der Waals surface area contributed by atoms with Crippen molar-refractivity contribution in [2.45, 2.75) is 24.8 Å². The van der Waals surface area contributed by atoms with E-state index >= 15 is 0 Å². The van der Waals surface area contributed by atoms with Gasteiger partial charge in [0.2, 0.25) is 0 Å². The van der Waals surface area contributed by atoms with Crippen LogP contribution in [0.5, 0.6) is 0 Å². The molecular formula is C19H16F3N5O6S. The number of ether oxygens (including phenoxy) is 1. The monoisotopic (exact) mass is 499 g/mol. The van der Waals surface area contributed by atoms with Gasteiger partial charge < -0.3 is 14.5 Å². The quantitative estimate of drug-likeness (QED) is 0.201. The van der Waals surface area contributed by atoms with E-state index in [2.05, 4.69) is 10.2 Å². The molecule has 2 aromatic heterocycles. The summed E-state index contributed by atoms with van der Waals surface area (Å²) >= 11 is 0.992. The van der Waals surface area contributed by atoms with Crippen molar-refractivity contribution in [1.29, 1.82) is 0 Å².